The van der Waals surface area contributed by atoms with Gasteiger partial charge >= 0.3 is 6.01 Å². The number of alkyl halides is 2. The molecule has 226 valence electrons. The van der Waals surface area contributed by atoms with E-state index in [0.29, 0.717) is 29.7 Å². The zero-order valence-electron chi connectivity index (χ0n) is 24.2. The van der Waals surface area contributed by atoms with Crippen LogP contribution in [0, 0.1) is 17.0 Å². The van der Waals surface area contributed by atoms with Gasteiger partial charge in [-0.3, -0.25) is 0 Å². The van der Waals surface area contributed by atoms with Crippen molar-refractivity contribution in [2.75, 3.05) is 45.2 Å². The summed E-state index contributed by atoms with van der Waals surface area (Å²) in [6, 6.07) is 11.0. The Morgan fingerprint density at radius 1 is 1.12 bits per heavy atom. The third-order valence-corrected chi connectivity index (χ3v) is 9.14. The number of nitrogens with one attached hydrogen (secondary N) is 1. The molecule has 43 heavy (non-hydrogen) atoms. The lowest BCUT2D eigenvalue weighted by atomic mass is 9.95. The highest BCUT2D eigenvalue weighted by Gasteiger charge is 2.71. The second kappa shape index (κ2) is 9.65. The first-order valence-electron chi connectivity index (χ1n) is 14.5. The van der Waals surface area contributed by atoms with Crippen molar-refractivity contribution in [3.05, 3.63) is 54.1 Å². The topological polar surface area (TPSA) is 73.8 Å². The van der Waals surface area contributed by atoms with Crippen molar-refractivity contribution in [3.63, 3.8) is 0 Å². The van der Waals surface area contributed by atoms with Crippen LogP contribution in [0.15, 0.2) is 42.5 Å². The smallest absolute Gasteiger partial charge is 0.319 e. The first-order valence-corrected chi connectivity index (χ1v) is 14.5. The van der Waals surface area contributed by atoms with Crippen LogP contribution in [0.3, 0.4) is 0 Å². The predicted octanol–water partition coefficient (Wildman–Crippen LogP) is 5.73. The Morgan fingerprint density at radius 2 is 1.88 bits per heavy atom. The van der Waals surface area contributed by atoms with Crippen LogP contribution in [0.5, 0.6) is 11.8 Å². The van der Waals surface area contributed by atoms with Gasteiger partial charge in [0.25, 0.3) is 5.92 Å². The summed E-state index contributed by atoms with van der Waals surface area (Å²) in [5, 5.41) is 15.3. The summed E-state index contributed by atoms with van der Waals surface area (Å²) in [4.78, 5) is 12.6. The molecule has 0 radical (unpaired) electrons. The molecule has 3 atom stereocenters. The van der Waals surface area contributed by atoms with E-state index in [2.05, 4.69) is 22.2 Å². The number of phenolic OH excluding ortho intramolecular Hbond substituents is 1. The summed E-state index contributed by atoms with van der Waals surface area (Å²) < 4.78 is 67.5. The van der Waals surface area contributed by atoms with Gasteiger partial charge in [-0.2, -0.15) is 9.97 Å². The standard InChI is InChI=1S/C32H33F4N5O2/c1-30-9-8-19(39-30)13-41(15-30)28-23-12-24(33)25(22-11-20(42)10-18-6-4-5-7-21(18)22)26(34)27(23)37-29(38-28)43-17-31(16-40(2)3)14-32(31,35)36/h4-7,10-12,19,39,42H,8-9,13-17H2,1-3H3/t19-,30+,31-/m1/s1. The van der Waals surface area contributed by atoms with E-state index in [-0.39, 0.29) is 64.9 Å². The minimum atomic E-state index is -2.90. The van der Waals surface area contributed by atoms with Crippen LogP contribution in [0.4, 0.5) is 23.4 Å². The Balaban J connectivity index is 1.38. The van der Waals surface area contributed by atoms with Gasteiger partial charge in [0.1, 0.15) is 29.5 Å². The molecular weight excluding hydrogens is 562 g/mol. The number of nitrogens with zero attached hydrogens (tertiary/aromatic N) is 4. The molecule has 0 amide bonds. The fourth-order valence-electron chi connectivity index (χ4n) is 7.08. The van der Waals surface area contributed by atoms with E-state index in [0.717, 1.165) is 12.8 Å². The summed E-state index contributed by atoms with van der Waals surface area (Å²) in [7, 11) is 3.44. The molecule has 2 aliphatic heterocycles. The average molecular weight is 596 g/mol. The molecule has 1 aromatic heterocycles. The molecule has 3 fully saturated rings. The quantitative estimate of drug-likeness (QED) is 0.265. The van der Waals surface area contributed by atoms with Crippen molar-refractivity contribution >= 4 is 27.5 Å². The Morgan fingerprint density at radius 3 is 2.60 bits per heavy atom. The molecule has 11 heteroatoms. The zero-order valence-corrected chi connectivity index (χ0v) is 24.2. The number of aromatic nitrogens is 2. The number of aromatic hydroxyl groups is 1. The van der Waals surface area contributed by atoms with Crippen LogP contribution in [0.1, 0.15) is 26.2 Å². The molecule has 3 aromatic carbocycles. The maximum absolute atomic E-state index is 16.6. The van der Waals surface area contributed by atoms with Gasteiger partial charge in [0.2, 0.25) is 0 Å². The van der Waals surface area contributed by atoms with Gasteiger partial charge in [0.05, 0.1) is 11.0 Å². The van der Waals surface area contributed by atoms with Gasteiger partial charge in [-0.05, 0) is 68.4 Å². The van der Waals surface area contributed by atoms with Gasteiger partial charge < -0.3 is 25.0 Å². The predicted molar refractivity (Wildman–Crippen MR) is 157 cm³/mol. The van der Waals surface area contributed by atoms with Crippen molar-refractivity contribution in [1.82, 2.24) is 20.2 Å². The van der Waals surface area contributed by atoms with Crippen molar-refractivity contribution in [2.24, 2.45) is 5.41 Å². The van der Waals surface area contributed by atoms with Crippen LogP contribution in [0.25, 0.3) is 32.8 Å². The van der Waals surface area contributed by atoms with Gasteiger partial charge in [-0.25, -0.2) is 17.6 Å². The number of benzene rings is 3. The van der Waals surface area contributed by atoms with Crippen LogP contribution in [-0.2, 0) is 0 Å². The third-order valence-electron chi connectivity index (χ3n) is 9.14. The fraction of sp³-hybridized carbons (Fsp3) is 0.438. The second-order valence-corrected chi connectivity index (χ2v) is 13.0. The van der Waals surface area contributed by atoms with Gasteiger partial charge in [-0.15, -0.1) is 0 Å². The highest BCUT2D eigenvalue weighted by molar-refractivity contribution is 6.01. The Kier molecular flexibility index (Phi) is 6.31. The van der Waals surface area contributed by atoms with E-state index in [1.54, 1.807) is 43.3 Å². The fourth-order valence-corrected chi connectivity index (χ4v) is 7.08. The number of fused-ring (bicyclic) bond motifs is 4. The van der Waals surface area contributed by atoms with Gasteiger partial charge in [0.15, 0.2) is 5.82 Å². The molecule has 3 aliphatic rings. The number of rotatable bonds is 7. The van der Waals surface area contributed by atoms with Crippen molar-refractivity contribution in [2.45, 2.75) is 43.7 Å². The summed E-state index contributed by atoms with van der Waals surface area (Å²) in [6.45, 7) is 2.96. The normalized spacial score (nSPS) is 26.0. The molecule has 2 N–H and O–H groups in total. The number of hydrogen-bond donors (Lipinski definition) is 2. The monoisotopic (exact) mass is 595 g/mol. The van der Waals surface area contributed by atoms with Crippen LogP contribution < -0.4 is 15.0 Å². The van der Waals surface area contributed by atoms with Gasteiger partial charge in [-0.1, -0.05) is 24.3 Å². The molecule has 4 aromatic rings. The number of ether oxygens (including phenoxy) is 1. The first-order chi connectivity index (χ1) is 20.4. The Labute approximate surface area is 246 Å². The average Bonchev–Trinajstić information content (AvgIpc) is 3.35. The highest BCUT2D eigenvalue weighted by Crippen LogP contribution is 2.60. The molecule has 1 saturated carbocycles. The van der Waals surface area contributed by atoms with E-state index in [9.17, 15) is 13.9 Å². The largest absolute Gasteiger partial charge is 0.508 e. The SMILES string of the molecule is CN(C)C[C@@]1(COc2nc(N3C[C@H]4CC[C@@](C)(C3)N4)c3cc(F)c(-c4cc(O)cc5ccccc45)c(F)c3n2)CC1(F)F. The lowest BCUT2D eigenvalue weighted by Gasteiger charge is -2.40. The second-order valence-electron chi connectivity index (χ2n) is 13.0. The number of piperazine rings is 1. The van der Waals surface area contributed by atoms with E-state index >= 15 is 8.78 Å². The van der Waals surface area contributed by atoms with Gasteiger partial charge in [0, 0.05) is 43.0 Å². The molecule has 0 unspecified atom stereocenters. The molecule has 7 nitrogen and oxygen atoms in total. The molecular formula is C32H33F4N5O2. The zero-order chi connectivity index (χ0) is 30.3. The minimum Gasteiger partial charge on any atom is -0.508 e. The van der Waals surface area contributed by atoms with E-state index in [1.807, 2.05) is 4.90 Å². The molecule has 2 saturated heterocycles. The van der Waals surface area contributed by atoms with E-state index < -0.39 is 23.0 Å². The maximum atomic E-state index is 16.6. The summed E-state index contributed by atoms with van der Waals surface area (Å²) in [5.74, 6) is -4.51. The number of phenols is 1. The van der Waals surface area contributed by atoms with Crippen LogP contribution >= 0.6 is 0 Å². The molecule has 3 heterocycles. The van der Waals surface area contributed by atoms with Crippen molar-refractivity contribution < 1.29 is 27.4 Å². The summed E-state index contributed by atoms with van der Waals surface area (Å²) in [5.41, 5.74) is -1.96. The lowest BCUT2D eigenvalue weighted by molar-refractivity contribution is 0.0288. The number of hydrogen-bond acceptors (Lipinski definition) is 7. The highest BCUT2D eigenvalue weighted by atomic mass is 19.3. The molecule has 7 rings (SSSR count). The lowest BCUT2D eigenvalue weighted by Crippen LogP contribution is -2.58. The number of anilines is 1. The third kappa shape index (κ3) is 4.73. The molecule has 0 spiro atoms. The van der Waals surface area contributed by atoms with E-state index in [4.69, 9.17) is 4.74 Å². The number of halogens is 4. The Bertz CT molecular complexity index is 1770. The maximum Gasteiger partial charge on any atom is 0.319 e. The molecule has 2 bridgehead atoms. The van der Waals surface area contributed by atoms with Crippen LogP contribution in [-0.4, -0.2) is 77.8 Å². The van der Waals surface area contributed by atoms with Crippen molar-refractivity contribution in [3.8, 4) is 22.9 Å². The Hall–Kier alpha value is -3.70. The van der Waals surface area contributed by atoms with Crippen molar-refractivity contribution in [1.29, 1.82) is 0 Å². The first kappa shape index (κ1) is 28.1. The summed E-state index contributed by atoms with van der Waals surface area (Å²) >= 11 is 0. The van der Waals surface area contributed by atoms with Crippen LogP contribution in [0.2, 0.25) is 0 Å². The molecule has 1 aliphatic carbocycles. The summed E-state index contributed by atoms with van der Waals surface area (Å²) in [6.07, 6.45) is 1.57. The van der Waals surface area contributed by atoms with E-state index in [1.165, 1.54) is 18.2 Å². The minimum absolute atomic E-state index is 0.104.